The van der Waals surface area contributed by atoms with E-state index in [1.807, 2.05) is 18.2 Å². The molecule has 1 fully saturated rings. The molecular formula is C11H10N2O2. The minimum atomic E-state index is -0.401. The van der Waals surface area contributed by atoms with Gasteiger partial charge in [-0.25, -0.2) is 0 Å². The van der Waals surface area contributed by atoms with Gasteiger partial charge < -0.3 is 10.2 Å². The molecule has 0 radical (unpaired) electrons. The number of nitrogens with zero attached hydrogens (tertiary/aromatic N) is 1. The summed E-state index contributed by atoms with van der Waals surface area (Å²) in [6.07, 6.45) is 0. The first kappa shape index (κ1) is 8.47. The van der Waals surface area contributed by atoms with E-state index in [1.54, 1.807) is 11.0 Å². The van der Waals surface area contributed by atoms with E-state index in [0.29, 0.717) is 18.7 Å². The van der Waals surface area contributed by atoms with Crippen molar-refractivity contribution in [3.05, 3.63) is 35.4 Å². The van der Waals surface area contributed by atoms with Crippen LogP contribution in [0.3, 0.4) is 0 Å². The molecule has 1 N–H and O–H groups in total. The third kappa shape index (κ3) is 1.02. The summed E-state index contributed by atoms with van der Waals surface area (Å²) in [5, 5.41) is 2.78. The van der Waals surface area contributed by atoms with Crippen molar-refractivity contribution in [1.82, 2.24) is 10.2 Å². The second-order valence-electron chi connectivity index (χ2n) is 3.78. The van der Waals surface area contributed by atoms with E-state index in [1.165, 1.54) is 0 Å². The molecule has 1 aromatic rings. The lowest BCUT2D eigenvalue weighted by molar-refractivity contribution is -0.127. The van der Waals surface area contributed by atoms with Gasteiger partial charge >= 0.3 is 0 Å². The van der Waals surface area contributed by atoms with Gasteiger partial charge in [-0.15, -0.1) is 0 Å². The molecule has 2 aliphatic heterocycles. The SMILES string of the molecule is O=C1NCCN2C(=O)c3ccccc3C12. The van der Waals surface area contributed by atoms with Gasteiger partial charge in [0, 0.05) is 18.7 Å². The van der Waals surface area contributed by atoms with Gasteiger partial charge in [0.15, 0.2) is 0 Å². The van der Waals surface area contributed by atoms with E-state index in [4.69, 9.17) is 0 Å². The molecule has 0 aliphatic carbocycles. The fourth-order valence-electron chi connectivity index (χ4n) is 2.28. The van der Waals surface area contributed by atoms with E-state index in [9.17, 15) is 9.59 Å². The number of carbonyl (C=O) groups excluding carboxylic acids is 2. The molecule has 2 amide bonds. The maximum atomic E-state index is 11.9. The van der Waals surface area contributed by atoms with Crippen LogP contribution < -0.4 is 5.32 Å². The van der Waals surface area contributed by atoms with E-state index < -0.39 is 6.04 Å². The predicted octanol–water partition coefficient (Wildman–Crippen LogP) is 0.313. The molecule has 1 aromatic carbocycles. The highest BCUT2D eigenvalue weighted by molar-refractivity contribution is 6.05. The second kappa shape index (κ2) is 2.82. The van der Waals surface area contributed by atoms with Crippen LogP contribution in [0.15, 0.2) is 24.3 Å². The van der Waals surface area contributed by atoms with Crippen LogP contribution in [-0.4, -0.2) is 29.8 Å². The summed E-state index contributed by atoms with van der Waals surface area (Å²) in [7, 11) is 0. The Balaban J connectivity index is 2.16. The van der Waals surface area contributed by atoms with Crippen LogP contribution in [-0.2, 0) is 4.79 Å². The van der Waals surface area contributed by atoms with E-state index in [0.717, 1.165) is 5.56 Å². The van der Waals surface area contributed by atoms with Gasteiger partial charge in [0.05, 0.1) is 0 Å². The van der Waals surface area contributed by atoms with Gasteiger partial charge in [-0.2, -0.15) is 0 Å². The Morgan fingerprint density at radius 1 is 1.27 bits per heavy atom. The van der Waals surface area contributed by atoms with Crippen molar-refractivity contribution < 1.29 is 9.59 Å². The third-order valence-electron chi connectivity index (χ3n) is 2.96. The van der Waals surface area contributed by atoms with Crippen LogP contribution in [0.1, 0.15) is 22.0 Å². The molecule has 0 bridgehead atoms. The van der Waals surface area contributed by atoms with E-state index >= 15 is 0 Å². The highest BCUT2D eigenvalue weighted by Gasteiger charge is 2.42. The van der Waals surface area contributed by atoms with Gasteiger partial charge in [-0.1, -0.05) is 18.2 Å². The molecule has 76 valence electrons. The van der Waals surface area contributed by atoms with Gasteiger partial charge in [0.2, 0.25) is 5.91 Å². The fraction of sp³-hybridized carbons (Fsp3) is 0.273. The van der Waals surface area contributed by atoms with Crippen molar-refractivity contribution in [3.63, 3.8) is 0 Å². The van der Waals surface area contributed by atoms with Crippen molar-refractivity contribution in [2.75, 3.05) is 13.1 Å². The minimum Gasteiger partial charge on any atom is -0.352 e. The van der Waals surface area contributed by atoms with Crippen molar-refractivity contribution >= 4 is 11.8 Å². The zero-order valence-corrected chi connectivity index (χ0v) is 8.06. The van der Waals surface area contributed by atoms with Crippen LogP contribution >= 0.6 is 0 Å². The topological polar surface area (TPSA) is 49.4 Å². The van der Waals surface area contributed by atoms with Crippen molar-refractivity contribution in [2.45, 2.75) is 6.04 Å². The molecule has 1 atom stereocenters. The number of hydrogen-bond acceptors (Lipinski definition) is 2. The first-order valence-corrected chi connectivity index (χ1v) is 4.96. The molecule has 1 unspecified atom stereocenters. The first-order chi connectivity index (χ1) is 7.29. The molecule has 0 saturated carbocycles. The number of amides is 2. The first-order valence-electron chi connectivity index (χ1n) is 4.96. The van der Waals surface area contributed by atoms with Crippen LogP contribution in [0.5, 0.6) is 0 Å². The number of carbonyl (C=O) groups is 2. The number of rotatable bonds is 0. The molecule has 1 saturated heterocycles. The summed E-state index contributed by atoms with van der Waals surface area (Å²) in [4.78, 5) is 25.2. The number of piperazine rings is 1. The smallest absolute Gasteiger partial charge is 0.255 e. The fourth-order valence-corrected chi connectivity index (χ4v) is 2.28. The predicted molar refractivity (Wildman–Crippen MR) is 53.2 cm³/mol. The summed E-state index contributed by atoms with van der Waals surface area (Å²) in [6.45, 7) is 1.15. The number of nitrogens with one attached hydrogen (secondary N) is 1. The Hall–Kier alpha value is -1.84. The maximum absolute atomic E-state index is 11.9. The van der Waals surface area contributed by atoms with Crippen molar-refractivity contribution in [3.8, 4) is 0 Å². The molecule has 15 heavy (non-hydrogen) atoms. The summed E-state index contributed by atoms with van der Waals surface area (Å²) in [5.74, 6) is -0.0926. The van der Waals surface area contributed by atoms with E-state index in [2.05, 4.69) is 5.32 Å². The monoisotopic (exact) mass is 202 g/mol. The molecule has 4 nitrogen and oxygen atoms in total. The lowest BCUT2D eigenvalue weighted by Crippen LogP contribution is -2.48. The quantitative estimate of drug-likeness (QED) is 0.658. The normalized spacial score (nSPS) is 23.5. The zero-order valence-electron chi connectivity index (χ0n) is 8.06. The van der Waals surface area contributed by atoms with Gasteiger partial charge in [0.1, 0.15) is 6.04 Å². The standard InChI is InChI=1S/C11H10N2O2/c14-10-9-7-3-1-2-4-8(7)11(15)13(9)6-5-12-10/h1-4,9H,5-6H2,(H,12,14). The minimum absolute atomic E-state index is 0.0227. The Bertz CT molecular complexity index is 456. The molecule has 0 aromatic heterocycles. The van der Waals surface area contributed by atoms with Crippen molar-refractivity contribution in [2.24, 2.45) is 0 Å². The number of hydrogen-bond donors (Lipinski definition) is 1. The Labute approximate surface area is 86.9 Å². The van der Waals surface area contributed by atoms with Gasteiger partial charge in [-0.3, -0.25) is 9.59 Å². The number of benzene rings is 1. The molecule has 2 aliphatic rings. The second-order valence-corrected chi connectivity index (χ2v) is 3.78. The van der Waals surface area contributed by atoms with Gasteiger partial charge in [0.25, 0.3) is 5.91 Å². The Morgan fingerprint density at radius 2 is 2.07 bits per heavy atom. The molecule has 4 heteroatoms. The van der Waals surface area contributed by atoms with Gasteiger partial charge in [-0.05, 0) is 11.6 Å². The van der Waals surface area contributed by atoms with Crippen LogP contribution in [0, 0.1) is 0 Å². The highest BCUT2D eigenvalue weighted by Crippen LogP contribution is 2.34. The average Bonchev–Trinajstić information content (AvgIpc) is 2.55. The Kier molecular flexibility index (Phi) is 1.59. The molecule has 3 rings (SSSR count). The van der Waals surface area contributed by atoms with Crippen LogP contribution in [0.2, 0.25) is 0 Å². The van der Waals surface area contributed by atoms with Crippen LogP contribution in [0.4, 0.5) is 0 Å². The largest absolute Gasteiger partial charge is 0.352 e. The summed E-state index contributed by atoms with van der Waals surface area (Å²) < 4.78 is 0. The molecule has 0 spiro atoms. The highest BCUT2D eigenvalue weighted by atomic mass is 16.2. The summed E-state index contributed by atoms with van der Waals surface area (Å²) in [6, 6.07) is 6.92. The Morgan fingerprint density at radius 3 is 2.93 bits per heavy atom. The average molecular weight is 202 g/mol. The molecular weight excluding hydrogens is 192 g/mol. The summed E-state index contributed by atoms with van der Waals surface area (Å²) >= 11 is 0. The lowest BCUT2D eigenvalue weighted by Gasteiger charge is -2.29. The van der Waals surface area contributed by atoms with Crippen molar-refractivity contribution in [1.29, 1.82) is 0 Å². The lowest BCUT2D eigenvalue weighted by atomic mass is 10.0. The summed E-state index contributed by atoms with van der Waals surface area (Å²) in [5.41, 5.74) is 1.50. The third-order valence-corrected chi connectivity index (χ3v) is 2.96. The number of fused-ring (bicyclic) bond motifs is 3. The van der Waals surface area contributed by atoms with Crippen LogP contribution in [0.25, 0.3) is 0 Å². The molecule has 2 heterocycles. The zero-order chi connectivity index (χ0) is 10.4. The maximum Gasteiger partial charge on any atom is 0.255 e. The van der Waals surface area contributed by atoms with E-state index in [-0.39, 0.29) is 11.8 Å².